The van der Waals surface area contributed by atoms with E-state index in [2.05, 4.69) is 10.2 Å². The summed E-state index contributed by atoms with van der Waals surface area (Å²) in [5, 5.41) is 6.10. The van der Waals surface area contributed by atoms with Crippen LogP contribution in [0, 0.1) is 0 Å². The number of carbonyl (C=O) groups excluding carboxylic acids is 1. The van der Waals surface area contributed by atoms with Gasteiger partial charge in [-0.15, -0.1) is 0 Å². The van der Waals surface area contributed by atoms with Crippen molar-refractivity contribution in [2.45, 2.75) is 6.42 Å². The lowest BCUT2D eigenvalue weighted by Gasteiger charge is -2.10. The molecule has 0 aliphatic heterocycles. The number of rotatable bonds is 5. The Labute approximate surface area is 138 Å². The third-order valence-corrected chi connectivity index (χ3v) is 3.77. The maximum absolute atomic E-state index is 12.6. The number of hydrogen-bond donors (Lipinski definition) is 1. The highest BCUT2D eigenvalue weighted by atomic mass is 16.5. The Bertz CT molecular complexity index is 917. The van der Waals surface area contributed by atoms with Crippen LogP contribution in [-0.4, -0.2) is 23.1 Å². The molecule has 0 spiro atoms. The minimum atomic E-state index is -0.251. The van der Waals surface area contributed by atoms with E-state index >= 15 is 0 Å². The molecule has 0 fully saturated rings. The average molecular weight is 320 g/mol. The van der Waals surface area contributed by atoms with Crippen LogP contribution in [0.2, 0.25) is 0 Å². The number of H-pyrrole nitrogens is 1. The van der Waals surface area contributed by atoms with Gasteiger partial charge in [0.15, 0.2) is 5.78 Å². The van der Waals surface area contributed by atoms with Crippen LogP contribution in [0.5, 0.6) is 5.75 Å². The molecule has 1 N–H and O–H groups in total. The molecule has 3 rings (SSSR count). The first-order valence-corrected chi connectivity index (χ1v) is 7.48. The molecule has 120 valence electrons. The monoisotopic (exact) mass is 320 g/mol. The lowest BCUT2D eigenvalue weighted by Crippen LogP contribution is -2.14. The summed E-state index contributed by atoms with van der Waals surface area (Å²) in [7, 11) is 1.56. The number of benzene rings is 2. The minimum Gasteiger partial charge on any atom is -0.496 e. The zero-order valence-corrected chi connectivity index (χ0v) is 13.2. The topological polar surface area (TPSA) is 72.0 Å². The van der Waals surface area contributed by atoms with Crippen molar-refractivity contribution in [3.8, 4) is 5.75 Å². The van der Waals surface area contributed by atoms with Gasteiger partial charge in [0.05, 0.1) is 7.11 Å². The van der Waals surface area contributed by atoms with E-state index in [9.17, 15) is 9.59 Å². The summed E-state index contributed by atoms with van der Waals surface area (Å²) in [4.78, 5) is 24.4. The number of carbonyl (C=O) groups is 1. The summed E-state index contributed by atoms with van der Waals surface area (Å²) < 4.78 is 5.36. The van der Waals surface area contributed by atoms with Gasteiger partial charge < -0.3 is 4.74 Å². The van der Waals surface area contributed by atoms with Gasteiger partial charge in [0.25, 0.3) is 5.56 Å². The third-order valence-electron chi connectivity index (χ3n) is 3.77. The van der Waals surface area contributed by atoms with Crippen molar-refractivity contribution in [1.29, 1.82) is 0 Å². The Morgan fingerprint density at radius 3 is 2.54 bits per heavy atom. The van der Waals surface area contributed by atoms with Crippen molar-refractivity contribution in [2.24, 2.45) is 0 Å². The summed E-state index contributed by atoms with van der Waals surface area (Å²) in [6, 6.07) is 16.0. The summed E-state index contributed by atoms with van der Waals surface area (Å²) in [6.07, 6.45) is 1.89. The van der Waals surface area contributed by atoms with Crippen LogP contribution in [0.1, 0.15) is 27.0 Å². The Morgan fingerprint density at radius 1 is 1.04 bits per heavy atom. The molecule has 0 unspecified atom stereocenters. The molecule has 2 aromatic carbocycles. The van der Waals surface area contributed by atoms with E-state index in [0.717, 1.165) is 5.56 Å². The second-order valence-electron chi connectivity index (χ2n) is 5.31. The van der Waals surface area contributed by atoms with Gasteiger partial charge in [-0.3, -0.25) is 9.59 Å². The van der Waals surface area contributed by atoms with Crippen molar-refractivity contribution >= 4 is 5.78 Å². The molecule has 1 heterocycles. The summed E-state index contributed by atoms with van der Waals surface area (Å²) in [5.74, 6) is 0.568. The molecule has 0 bridgehead atoms. The molecular weight excluding hydrogens is 304 g/mol. The van der Waals surface area contributed by atoms with Crippen LogP contribution in [0.15, 0.2) is 65.6 Å². The number of aromatic nitrogens is 2. The average Bonchev–Trinajstić information content (AvgIpc) is 2.63. The molecule has 0 atom stereocenters. The van der Waals surface area contributed by atoms with Crippen molar-refractivity contribution in [2.75, 3.05) is 7.11 Å². The van der Waals surface area contributed by atoms with Gasteiger partial charge in [-0.2, -0.15) is 5.10 Å². The molecule has 24 heavy (non-hydrogen) atoms. The molecule has 0 saturated carbocycles. The largest absolute Gasteiger partial charge is 0.496 e. The van der Waals surface area contributed by atoms with E-state index in [4.69, 9.17) is 4.74 Å². The van der Waals surface area contributed by atoms with Crippen LogP contribution in [0.4, 0.5) is 0 Å². The molecular formula is C19H16N2O3. The summed E-state index contributed by atoms with van der Waals surface area (Å²) in [5.41, 5.74) is 2.26. The first-order chi connectivity index (χ1) is 11.7. The second-order valence-corrected chi connectivity index (χ2v) is 5.31. The van der Waals surface area contributed by atoms with Gasteiger partial charge in [0.2, 0.25) is 0 Å². The molecule has 0 radical (unpaired) electrons. The van der Waals surface area contributed by atoms with Crippen molar-refractivity contribution in [1.82, 2.24) is 10.2 Å². The number of hydrogen-bond acceptors (Lipinski definition) is 4. The maximum Gasteiger partial charge on any atom is 0.267 e. The van der Waals surface area contributed by atoms with Crippen LogP contribution in [0.25, 0.3) is 0 Å². The normalized spacial score (nSPS) is 10.4. The molecule has 5 heteroatoms. The lowest BCUT2D eigenvalue weighted by atomic mass is 9.98. The lowest BCUT2D eigenvalue weighted by molar-refractivity contribution is 0.103. The fourth-order valence-electron chi connectivity index (χ4n) is 2.53. The Kier molecular flexibility index (Phi) is 4.52. The van der Waals surface area contributed by atoms with Crippen molar-refractivity contribution in [3.63, 3.8) is 0 Å². The van der Waals surface area contributed by atoms with Gasteiger partial charge in [0, 0.05) is 29.3 Å². The Hall–Kier alpha value is -3.21. The van der Waals surface area contributed by atoms with E-state index < -0.39 is 0 Å². The van der Waals surface area contributed by atoms with Gasteiger partial charge in [0.1, 0.15) is 5.75 Å². The first-order valence-electron chi connectivity index (χ1n) is 7.48. The van der Waals surface area contributed by atoms with Gasteiger partial charge >= 0.3 is 0 Å². The van der Waals surface area contributed by atoms with Crippen LogP contribution in [-0.2, 0) is 6.42 Å². The third kappa shape index (κ3) is 3.25. The fourth-order valence-corrected chi connectivity index (χ4v) is 2.53. The number of ether oxygens (including phenoxy) is 1. The SMILES string of the molecule is COc1ccc(C(=O)c2ccccc2)cc1Cc1ccn[nH]c1=O. The first kappa shape index (κ1) is 15.7. The quantitative estimate of drug-likeness (QED) is 0.734. The Morgan fingerprint density at radius 2 is 1.83 bits per heavy atom. The fraction of sp³-hybridized carbons (Fsp3) is 0.105. The van der Waals surface area contributed by atoms with E-state index in [-0.39, 0.29) is 11.3 Å². The molecule has 0 aliphatic carbocycles. The van der Waals surface area contributed by atoms with Crippen LogP contribution >= 0.6 is 0 Å². The predicted octanol–water partition coefficient (Wildman–Crippen LogP) is 2.60. The molecule has 1 aromatic heterocycles. The molecule has 5 nitrogen and oxygen atoms in total. The standard InChI is InChI=1S/C19H16N2O3/c1-24-17-8-7-14(18(22)13-5-3-2-4-6-13)11-16(17)12-15-9-10-20-21-19(15)23/h2-11H,12H2,1H3,(H,21,23). The minimum absolute atomic E-state index is 0.0665. The van der Waals surface area contributed by atoms with E-state index in [1.807, 2.05) is 18.2 Å². The number of methoxy groups -OCH3 is 1. The van der Waals surface area contributed by atoms with E-state index in [0.29, 0.717) is 28.9 Å². The van der Waals surface area contributed by atoms with Crippen molar-refractivity contribution in [3.05, 3.63) is 93.4 Å². The number of nitrogens with one attached hydrogen (secondary N) is 1. The summed E-state index contributed by atoms with van der Waals surface area (Å²) >= 11 is 0. The highest BCUT2D eigenvalue weighted by Gasteiger charge is 2.13. The van der Waals surface area contributed by atoms with Gasteiger partial charge in [-0.05, 0) is 29.8 Å². The van der Waals surface area contributed by atoms with Crippen LogP contribution < -0.4 is 10.3 Å². The van der Waals surface area contributed by atoms with E-state index in [1.54, 1.807) is 43.5 Å². The van der Waals surface area contributed by atoms with Crippen molar-refractivity contribution < 1.29 is 9.53 Å². The molecule has 0 amide bonds. The smallest absolute Gasteiger partial charge is 0.267 e. The highest BCUT2D eigenvalue weighted by Crippen LogP contribution is 2.23. The van der Waals surface area contributed by atoms with Gasteiger partial charge in [-0.25, -0.2) is 5.10 Å². The zero-order valence-electron chi connectivity index (χ0n) is 13.2. The second kappa shape index (κ2) is 6.91. The predicted molar refractivity (Wildman–Crippen MR) is 90.5 cm³/mol. The molecule has 3 aromatic rings. The highest BCUT2D eigenvalue weighted by molar-refractivity contribution is 6.09. The number of nitrogens with zero attached hydrogens (tertiary/aromatic N) is 1. The van der Waals surface area contributed by atoms with Gasteiger partial charge in [-0.1, -0.05) is 30.3 Å². The number of ketones is 1. The molecule has 0 saturated heterocycles. The van der Waals surface area contributed by atoms with E-state index in [1.165, 1.54) is 6.20 Å². The zero-order chi connectivity index (χ0) is 16.9. The summed E-state index contributed by atoms with van der Waals surface area (Å²) in [6.45, 7) is 0. The number of aromatic amines is 1. The maximum atomic E-state index is 12.6. The Balaban J connectivity index is 1.98. The van der Waals surface area contributed by atoms with Crippen LogP contribution in [0.3, 0.4) is 0 Å². The molecule has 0 aliphatic rings.